The number of likely N-dealkylation sites (N-methyl/N-ethyl adjacent to an activating group) is 1. The Kier molecular flexibility index (Phi) is 4.97. The molecule has 0 spiro atoms. The molecule has 1 aliphatic carbocycles. The maximum atomic E-state index is 4.73. The van der Waals surface area contributed by atoms with Gasteiger partial charge in [-0.25, -0.2) is 4.98 Å². The molecule has 0 bridgehead atoms. The Morgan fingerprint density at radius 3 is 2.89 bits per heavy atom. The third-order valence-electron chi connectivity index (χ3n) is 3.40. The molecule has 19 heavy (non-hydrogen) atoms. The predicted molar refractivity (Wildman–Crippen MR) is 81.6 cm³/mol. The maximum Gasteiger partial charge on any atom is 0.129 e. The van der Waals surface area contributed by atoms with Gasteiger partial charge in [0.15, 0.2) is 0 Å². The SMILES string of the molecule is C=CCN(C)c1cc(CNC2CC2)cc(CCC)n1. The highest BCUT2D eigenvalue weighted by molar-refractivity contribution is 5.42. The van der Waals surface area contributed by atoms with Crippen LogP contribution in [0.15, 0.2) is 24.8 Å². The molecule has 0 amide bonds. The van der Waals surface area contributed by atoms with Crippen molar-refractivity contribution in [3.05, 3.63) is 36.0 Å². The van der Waals surface area contributed by atoms with E-state index in [1.807, 2.05) is 6.08 Å². The monoisotopic (exact) mass is 259 g/mol. The summed E-state index contributed by atoms with van der Waals surface area (Å²) in [5.74, 6) is 1.05. The van der Waals surface area contributed by atoms with E-state index in [4.69, 9.17) is 4.98 Å². The van der Waals surface area contributed by atoms with Crippen molar-refractivity contribution in [1.82, 2.24) is 10.3 Å². The molecule has 1 saturated carbocycles. The second kappa shape index (κ2) is 6.71. The first-order valence-corrected chi connectivity index (χ1v) is 7.28. The largest absolute Gasteiger partial charge is 0.356 e. The minimum absolute atomic E-state index is 0.747. The molecular formula is C16H25N3. The topological polar surface area (TPSA) is 28.2 Å². The first-order valence-electron chi connectivity index (χ1n) is 7.28. The van der Waals surface area contributed by atoms with Crippen LogP contribution in [0.1, 0.15) is 37.4 Å². The molecule has 1 fully saturated rings. The Balaban J connectivity index is 2.12. The number of rotatable bonds is 8. The van der Waals surface area contributed by atoms with E-state index in [0.717, 1.165) is 37.8 Å². The summed E-state index contributed by atoms with van der Waals surface area (Å²) in [4.78, 5) is 6.88. The second-order valence-electron chi connectivity index (χ2n) is 5.40. The van der Waals surface area contributed by atoms with Crippen molar-refractivity contribution in [2.24, 2.45) is 0 Å². The molecule has 104 valence electrons. The van der Waals surface area contributed by atoms with Gasteiger partial charge in [0.1, 0.15) is 5.82 Å². The van der Waals surface area contributed by atoms with Crippen LogP contribution < -0.4 is 10.2 Å². The zero-order valence-corrected chi connectivity index (χ0v) is 12.2. The van der Waals surface area contributed by atoms with E-state index in [0.29, 0.717) is 0 Å². The van der Waals surface area contributed by atoms with Crippen molar-refractivity contribution in [1.29, 1.82) is 0 Å². The van der Waals surface area contributed by atoms with Gasteiger partial charge in [0.2, 0.25) is 0 Å². The van der Waals surface area contributed by atoms with Crippen LogP contribution in [-0.4, -0.2) is 24.6 Å². The van der Waals surface area contributed by atoms with Crippen LogP contribution in [0.25, 0.3) is 0 Å². The molecule has 1 N–H and O–H groups in total. The van der Waals surface area contributed by atoms with Crippen LogP contribution >= 0.6 is 0 Å². The molecule has 3 nitrogen and oxygen atoms in total. The van der Waals surface area contributed by atoms with Crippen LogP contribution in [0.5, 0.6) is 0 Å². The summed E-state index contributed by atoms with van der Waals surface area (Å²) >= 11 is 0. The number of hydrogen-bond donors (Lipinski definition) is 1. The fraction of sp³-hybridized carbons (Fsp3) is 0.562. The van der Waals surface area contributed by atoms with Gasteiger partial charge in [-0.2, -0.15) is 0 Å². The lowest BCUT2D eigenvalue weighted by molar-refractivity contribution is 0.685. The molecule has 2 rings (SSSR count). The Morgan fingerprint density at radius 1 is 1.47 bits per heavy atom. The van der Waals surface area contributed by atoms with E-state index < -0.39 is 0 Å². The first kappa shape index (κ1) is 14.1. The summed E-state index contributed by atoms with van der Waals surface area (Å²) in [7, 11) is 2.07. The number of hydrogen-bond acceptors (Lipinski definition) is 3. The minimum atomic E-state index is 0.747. The van der Waals surface area contributed by atoms with E-state index in [-0.39, 0.29) is 0 Å². The number of aromatic nitrogens is 1. The predicted octanol–water partition coefficient (Wildman–Crippen LogP) is 2.91. The van der Waals surface area contributed by atoms with Gasteiger partial charge in [-0.15, -0.1) is 6.58 Å². The van der Waals surface area contributed by atoms with E-state index in [2.05, 4.69) is 42.9 Å². The van der Waals surface area contributed by atoms with Crippen molar-refractivity contribution in [3.63, 3.8) is 0 Å². The molecule has 0 saturated heterocycles. The zero-order chi connectivity index (χ0) is 13.7. The normalized spacial score (nSPS) is 14.4. The summed E-state index contributed by atoms with van der Waals surface area (Å²) in [6.45, 7) is 7.78. The fourth-order valence-corrected chi connectivity index (χ4v) is 2.15. The highest BCUT2D eigenvalue weighted by atomic mass is 15.2. The third-order valence-corrected chi connectivity index (χ3v) is 3.40. The van der Waals surface area contributed by atoms with Crippen molar-refractivity contribution in [3.8, 4) is 0 Å². The molecule has 0 radical (unpaired) electrons. The van der Waals surface area contributed by atoms with E-state index in [9.17, 15) is 0 Å². The number of nitrogens with zero attached hydrogens (tertiary/aromatic N) is 2. The Bertz CT molecular complexity index is 424. The van der Waals surface area contributed by atoms with Crippen LogP contribution in [0, 0.1) is 0 Å². The summed E-state index contributed by atoms with van der Waals surface area (Å²) in [6, 6.07) is 5.18. The molecule has 1 aliphatic rings. The smallest absolute Gasteiger partial charge is 0.129 e. The van der Waals surface area contributed by atoms with Crippen LogP contribution in [-0.2, 0) is 13.0 Å². The van der Waals surface area contributed by atoms with Crippen molar-refractivity contribution in [2.75, 3.05) is 18.5 Å². The molecule has 0 aromatic carbocycles. The summed E-state index contributed by atoms with van der Waals surface area (Å²) in [5.41, 5.74) is 2.54. The fourth-order valence-electron chi connectivity index (χ4n) is 2.15. The molecule has 1 aromatic rings. The van der Waals surface area contributed by atoms with Gasteiger partial charge in [0.25, 0.3) is 0 Å². The van der Waals surface area contributed by atoms with Crippen LogP contribution in [0.4, 0.5) is 5.82 Å². The van der Waals surface area contributed by atoms with Crippen LogP contribution in [0.3, 0.4) is 0 Å². The molecule has 1 aromatic heterocycles. The van der Waals surface area contributed by atoms with Crippen molar-refractivity contribution >= 4 is 5.82 Å². The van der Waals surface area contributed by atoms with Gasteiger partial charge in [-0.1, -0.05) is 19.4 Å². The lowest BCUT2D eigenvalue weighted by Gasteiger charge is -2.18. The van der Waals surface area contributed by atoms with Crippen molar-refractivity contribution < 1.29 is 0 Å². The molecule has 0 unspecified atom stereocenters. The van der Waals surface area contributed by atoms with E-state index in [1.54, 1.807) is 0 Å². The molecule has 3 heteroatoms. The summed E-state index contributed by atoms with van der Waals surface area (Å²) < 4.78 is 0. The number of nitrogens with one attached hydrogen (secondary N) is 1. The minimum Gasteiger partial charge on any atom is -0.356 e. The zero-order valence-electron chi connectivity index (χ0n) is 12.2. The van der Waals surface area contributed by atoms with Gasteiger partial charge in [-0.05, 0) is 37.0 Å². The highest BCUT2D eigenvalue weighted by Crippen LogP contribution is 2.20. The number of aryl methyl sites for hydroxylation is 1. The average Bonchev–Trinajstić information content (AvgIpc) is 3.21. The van der Waals surface area contributed by atoms with Crippen LogP contribution in [0.2, 0.25) is 0 Å². The van der Waals surface area contributed by atoms with Gasteiger partial charge in [0.05, 0.1) is 0 Å². The quantitative estimate of drug-likeness (QED) is 0.728. The Hall–Kier alpha value is -1.35. The van der Waals surface area contributed by atoms with Gasteiger partial charge in [0, 0.05) is 31.9 Å². The maximum absolute atomic E-state index is 4.73. The second-order valence-corrected chi connectivity index (χ2v) is 5.40. The van der Waals surface area contributed by atoms with E-state index in [1.165, 1.54) is 24.1 Å². The van der Waals surface area contributed by atoms with Gasteiger partial charge >= 0.3 is 0 Å². The highest BCUT2D eigenvalue weighted by Gasteiger charge is 2.20. The first-order chi connectivity index (χ1) is 9.22. The van der Waals surface area contributed by atoms with E-state index >= 15 is 0 Å². The molecular weight excluding hydrogens is 234 g/mol. The molecule has 0 atom stereocenters. The lowest BCUT2D eigenvalue weighted by atomic mass is 10.1. The Morgan fingerprint density at radius 2 is 2.26 bits per heavy atom. The standard InChI is InChI=1S/C16H25N3/c1-4-6-15-10-13(12-17-14-7-8-14)11-16(18-15)19(3)9-5-2/h5,10-11,14,17H,2,4,6-9,12H2,1,3H3. The molecule has 0 aliphatic heterocycles. The number of pyridine rings is 1. The average molecular weight is 259 g/mol. The number of anilines is 1. The van der Waals surface area contributed by atoms with Gasteiger partial charge < -0.3 is 10.2 Å². The Labute approximate surface area is 116 Å². The van der Waals surface area contributed by atoms with Crippen molar-refractivity contribution in [2.45, 2.75) is 45.2 Å². The summed E-state index contributed by atoms with van der Waals surface area (Å²) in [5, 5.41) is 3.57. The molecule has 1 heterocycles. The summed E-state index contributed by atoms with van der Waals surface area (Å²) in [6.07, 6.45) is 6.76. The lowest BCUT2D eigenvalue weighted by Crippen LogP contribution is -2.20. The van der Waals surface area contributed by atoms with Gasteiger partial charge in [-0.3, -0.25) is 0 Å². The third kappa shape index (κ3) is 4.35.